The number of rotatable bonds is 8. The molecule has 0 bridgehead atoms. The Morgan fingerprint density at radius 2 is 1.83 bits per heavy atom. The molecule has 1 amide bonds. The number of hydrogen-bond acceptors (Lipinski definition) is 9. The van der Waals surface area contributed by atoms with Crippen LogP contribution in [0.15, 0.2) is 47.0 Å². The van der Waals surface area contributed by atoms with Crippen LogP contribution in [-0.4, -0.2) is 44.6 Å². The lowest BCUT2D eigenvalue weighted by atomic mass is 9.87. The molecule has 3 aromatic rings. The molecule has 1 saturated carbocycles. The van der Waals surface area contributed by atoms with Crippen LogP contribution in [-0.2, 0) is 4.79 Å². The predicted molar refractivity (Wildman–Crippen MR) is 117 cm³/mol. The summed E-state index contributed by atoms with van der Waals surface area (Å²) in [5.41, 5.74) is 0.496. The van der Waals surface area contributed by atoms with Crippen LogP contribution in [0.4, 0.5) is 30.6 Å². The van der Waals surface area contributed by atoms with E-state index in [2.05, 4.69) is 30.6 Å². The van der Waals surface area contributed by atoms with Crippen LogP contribution in [0.2, 0.25) is 0 Å². The van der Waals surface area contributed by atoms with Crippen molar-refractivity contribution in [1.82, 2.24) is 15.2 Å². The highest BCUT2D eigenvalue weighted by molar-refractivity contribution is 6.00. The summed E-state index contributed by atoms with van der Waals surface area (Å²) in [6.45, 7) is 0. The fourth-order valence-electron chi connectivity index (χ4n) is 3.57. The zero-order valence-corrected chi connectivity index (χ0v) is 18.5. The topological polar surface area (TPSA) is 149 Å². The van der Waals surface area contributed by atoms with Gasteiger partial charge in [-0.3, -0.25) is 9.59 Å². The minimum Gasteiger partial charge on any atom is -0.481 e. The Bertz CT molecular complexity index is 1210. The maximum atomic E-state index is 12.4. The van der Waals surface area contributed by atoms with Crippen LogP contribution in [0, 0.1) is 5.92 Å². The molecular weight excluding hydrogens is 487 g/mol. The Balaban J connectivity index is 1.29. The number of carboxylic acid groups (broad SMARTS) is 1. The molecule has 2 aromatic heterocycles. The van der Waals surface area contributed by atoms with Crippen molar-refractivity contribution in [3.8, 4) is 11.6 Å². The maximum Gasteiger partial charge on any atom is 0.573 e. The molecule has 3 N–H and O–H groups in total. The largest absolute Gasteiger partial charge is 0.573 e. The number of aromatic nitrogens is 3. The molecule has 0 unspecified atom stereocenters. The van der Waals surface area contributed by atoms with Gasteiger partial charge in [0.15, 0.2) is 0 Å². The summed E-state index contributed by atoms with van der Waals surface area (Å²) in [5.74, 6) is -2.36. The fraction of sp³-hybridized carbons (Fsp3) is 0.318. The third-order valence-corrected chi connectivity index (χ3v) is 5.24. The first kappa shape index (κ1) is 24.8. The van der Waals surface area contributed by atoms with Crippen LogP contribution in [0.25, 0.3) is 0 Å². The van der Waals surface area contributed by atoms with Gasteiger partial charge in [0.05, 0.1) is 17.8 Å². The van der Waals surface area contributed by atoms with E-state index in [4.69, 9.17) is 14.3 Å². The van der Waals surface area contributed by atoms with E-state index in [1.807, 2.05) is 0 Å². The number of carboxylic acids is 1. The van der Waals surface area contributed by atoms with Gasteiger partial charge in [-0.15, -0.1) is 18.3 Å². The van der Waals surface area contributed by atoms with E-state index < -0.39 is 29.9 Å². The number of alkyl halides is 3. The fourth-order valence-corrected chi connectivity index (χ4v) is 3.57. The van der Waals surface area contributed by atoms with E-state index in [0.29, 0.717) is 37.3 Å². The average molecular weight is 507 g/mol. The Morgan fingerprint density at radius 1 is 1.06 bits per heavy atom. The van der Waals surface area contributed by atoms with Crippen LogP contribution < -0.4 is 20.1 Å². The molecule has 1 aliphatic carbocycles. The second-order valence-electron chi connectivity index (χ2n) is 7.88. The molecule has 11 nitrogen and oxygen atoms in total. The Labute approximate surface area is 201 Å². The molecule has 0 saturated heterocycles. The molecule has 0 atom stereocenters. The molecule has 4 rings (SSSR count). The number of ether oxygens (including phenoxy) is 2. The monoisotopic (exact) mass is 507 g/mol. The minimum absolute atomic E-state index is 0.126. The van der Waals surface area contributed by atoms with Gasteiger partial charge in [0.25, 0.3) is 0 Å². The highest BCUT2D eigenvalue weighted by atomic mass is 19.4. The van der Waals surface area contributed by atoms with Crippen molar-refractivity contribution in [1.29, 1.82) is 0 Å². The van der Waals surface area contributed by atoms with E-state index in [1.54, 1.807) is 12.1 Å². The Hall–Kier alpha value is -4.36. The van der Waals surface area contributed by atoms with Crippen LogP contribution >= 0.6 is 0 Å². The summed E-state index contributed by atoms with van der Waals surface area (Å²) in [4.78, 5) is 27.6. The first-order valence-corrected chi connectivity index (χ1v) is 10.8. The second kappa shape index (κ2) is 10.5. The van der Waals surface area contributed by atoms with E-state index in [9.17, 15) is 22.8 Å². The van der Waals surface area contributed by atoms with Crippen molar-refractivity contribution >= 4 is 29.3 Å². The first-order valence-electron chi connectivity index (χ1n) is 10.8. The molecule has 36 heavy (non-hydrogen) atoms. The van der Waals surface area contributed by atoms with Gasteiger partial charge < -0.3 is 29.6 Å². The van der Waals surface area contributed by atoms with Crippen LogP contribution in [0.1, 0.15) is 36.4 Å². The summed E-state index contributed by atoms with van der Waals surface area (Å²) in [5, 5.41) is 21.5. The third-order valence-electron chi connectivity index (χ3n) is 5.24. The van der Waals surface area contributed by atoms with Gasteiger partial charge in [-0.25, -0.2) is 4.98 Å². The number of halogens is 3. The highest BCUT2D eigenvalue weighted by Crippen LogP contribution is 2.28. The van der Waals surface area contributed by atoms with Gasteiger partial charge in [0.2, 0.25) is 5.88 Å². The van der Waals surface area contributed by atoms with E-state index >= 15 is 0 Å². The SMILES string of the molecule is O=C(Nc1ccc(OC2CCC(C(=O)O)CC2)nc1)c1nnc(Nc2cccc(OC(F)(F)F)c2)o1. The smallest absolute Gasteiger partial charge is 0.481 e. The molecule has 190 valence electrons. The third kappa shape index (κ3) is 6.84. The van der Waals surface area contributed by atoms with Gasteiger partial charge in [-0.2, -0.15) is 0 Å². The number of hydrogen-bond donors (Lipinski definition) is 3. The number of nitrogens with one attached hydrogen (secondary N) is 2. The van der Waals surface area contributed by atoms with Gasteiger partial charge in [-0.05, 0) is 43.9 Å². The van der Waals surface area contributed by atoms with Crippen molar-refractivity contribution in [2.24, 2.45) is 5.92 Å². The van der Waals surface area contributed by atoms with Gasteiger partial charge in [-0.1, -0.05) is 11.2 Å². The van der Waals surface area contributed by atoms with Crippen molar-refractivity contribution < 1.29 is 41.8 Å². The van der Waals surface area contributed by atoms with Crippen molar-refractivity contribution in [2.45, 2.75) is 38.1 Å². The molecule has 1 fully saturated rings. The van der Waals surface area contributed by atoms with Gasteiger partial charge >= 0.3 is 30.1 Å². The summed E-state index contributed by atoms with van der Waals surface area (Å²) < 4.78 is 52.0. The van der Waals surface area contributed by atoms with Gasteiger partial charge in [0, 0.05) is 17.8 Å². The summed E-state index contributed by atoms with van der Waals surface area (Å²) in [6.07, 6.45) is -1.27. The molecular formula is C22H20F3N5O6. The summed E-state index contributed by atoms with van der Waals surface area (Å²) in [7, 11) is 0. The summed E-state index contributed by atoms with van der Waals surface area (Å²) in [6, 6.07) is 7.88. The number of anilines is 3. The van der Waals surface area contributed by atoms with E-state index in [-0.39, 0.29) is 23.7 Å². The number of aliphatic carboxylic acids is 1. The lowest BCUT2D eigenvalue weighted by Gasteiger charge is -2.26. The number of carbonyl (C=O) groups excluding carboxylic acids is 1. The number of carbonyl (C=O) groups is 2. The maximum absolute atomic E-state index is 12.4. The second-order valence-corrected chi connectivity index (χ2v) is 7.88. The number of pyridine rings is 1. The molecule has 1 aromatic carbocycles. The minimum atomic E-state index is -4.84. The molecule has 1 aliphatic rings. The first-order chi connectivity index (χ1) is 17.1. The van der Waals surface area contributed by atoms with E-state index in [1.165, 1.54) is 18.3 Å². The average Bonchev–Trinajstić information content (AvgIpc) is 3.28. The van der Waals surface area contributed by atoms with Crippen LogP contribution in [0.5, 0.6) is 11.6 Å². The van der Waals surface area contributed by atoms with Crippen molar-refractivity contribution in [2.75, 3.05) is 10.6 Å². The number of amides is 1. The predicted octanol–water partition coefficient (Wildman–Crippen LogP) is 4.38. The van der Waals surface area contributed by atoms with Crippen molar-refractivity contribution in [3.63, 3.8) is 0 Å². The quantitative estimate of drug-likeness (QED) is 0.401. The summed E-state index contributed by atoms with van der Waals surface area (Å²) >= 11 is 0. The standard InChI is InChI=1S/C22H20F3N5O6/c23-22(24,25)36-16-3-1-2-13(10-16)28-21-30-29-19(35-21)18(31)27-14-6-9-17(26-11-14)34-15-7-4-12(5-8-15)20(32)33/h1-3,6,9-12,15H,4-5,7-8H2,(H,27,31)(H,28,30)(H,32,33). The molecule has 2 heterocycles. The molecule has 14 heteroatoms. The zero-order valence-electron chi connectivity index (χ0n) is 18.5. The Kier molecular flexibility index (Phi) is 7.22. The zero-order chi connectivity index (χ0) is 25.7. The molecule has 0 spiro atoms. The number of nitrogens with zero attached hydrogens (tertiary/aromatic N) is 3. The number of benzene rings is 1. The lowest BCUT2D eigenvalue weighted by molar-refractivity contribution is -0.274. The van der Waals surface area contributed by atoms with Crippen molar-refractivity contribution in [3.05, 3.63) is 48.5 Å². The van der Waals surface area contributed by atoms with Crippen LogP contribution in [0.3, 0.4) is 0 Å². The lowest BCUT2D eigenvalue weighted by Crippen LogP contribution is -2.28. The molecule has 0 aliphatic heterocycles. The Morgan fingerprint density at radius 3 is 2.50 bits per heavy atom. The van der Waals surface area contributed by atoms with E-state index in [0.717, 1.165) is 12.1 Å². The normalized spacial score (nSPS) is 17.8. The van der Waals surface area contributed by atoms with Gasteiger partial charge in [0.1, 0.15) is 11.9 Å². The molecule has 0 radical (unpaired) electrons. The highest BCUT2D eigenvalue weighted by Gasteiger charge is 2.31.